The number of amides is 3. The van der Waals surface area contributed by atoms with E-state index < -0.39 is 11.9 Å². The second kappa shape index (κ2) is 10.6. The zero-order chi connectivity index (χ0) is 26.8. The molecule has 4 aromatic rings. The maximum atomic E-state index is 14.8. The number of aromatic nitrogens is 3. The molecule has 0 unspecified atom stereocenters. The van der Waals surface area contributed by atoms with Gasteiger partial charge in [0.05, 0.1) is 33.5 Å². The Morgan fingerprint density at radius 2 is 2.05 bits per heavy atom. The first-order chi connectivity index (χ1) is 18.3. The van der Waals surface area contributed by atoms with E-state index in [-0.39, 0.29) is 31.1 Å². The summed E-state index contributed by atoms with van der Waals surface area (Å²) in [5.41, 5.74) is 1.65. The Labute approximate surface area is 220 Å². The minimum atomic E-state index is -1.10. The third-order valence-corrected chi connectivity index (χ3v) is 7.05. The molecule has 0 atom stereocenters. The van der Waals surface area contributed by atoms with E-state index in [2.05, 4.69) is 20.6 Å². The molecule has 3 heterocycles. The van der Waals surface area contributed by atoms with Crippen molar-refractivity contribution in [2.45, 2.75) is 25.4 Å². The van der Waals surface area contributed by atoms with Gasteiger partial charge in [0.15, 0.2) is 11.6 Å². The lowest BCUT2D eigenvalue weighted by Crippen LogP contribution is -2.31. The van der Waals surface area contributed by atoms with Crippen molar-refractivity contribution in [1.82, 2.24) is 24.8 Å². The molecule has 0 saturated heterocycles. The number of nitrogens with zero attached hydrogens (tertiary/aromatic N) is 4. The molecular weight excluding hydrogens is 515 g/mol. The van der Waals surface area contributed by atoms with Crippen LogP contribution in [0, 0.1) is 5.82 Å². The summed E-state index contributed by atoms with van der Waals surface area (Å²) >= 11 is 1.37. The van der Waals surface area contributed by atoms with Crippen LogP contribution >= 0.6 is 11.3 Å². The predicted octanol–water partition coefficient (Wildman–Crippen LogP) is 5.00. The number of carboxylic acid groups (broad SMARTS) is 1. The zero-order valence-electron chi connectivity index (χ0n) is 20.6. The van der Waals surface area contributed by atoms with E-state index in [4.69, 9.17) is 9.47 Å². The van der Waals surface area contributed by atoms with Crippen LogP contribution < -0.4 is 15.4 Å². The second-order valence-electron chi connectivity index (χ2n) is 8.78. The van der Waals surface area contributed by atoms with Crippen molar-refractivity contribution in [3.63, 3.8) is 0 Å². The van der Waals surface area contributed by atoms with Crippen LogP contribution in [0.3, 0.4) is 0 Å². The summed E-state index contributed by atoms with van der Waals surface area (Å²) in [6, 6.07) is 7.57. The maximum Gasteiger partial charge on any atom is 0.409 e. The lowest BCUT2D eigenvalue weighted by Gasteiger charge is -2.18. The molecule has 0 bridgehead atoms. The van der Waals surface area contributed by atoms with Crippen LogP contribution in [-0.2, 0) is 18.3 Å². The number of benzene rings is 1. The lowest BCUT2D eigenvalue weighted by molar-refractivity contribution is 0.0546. The monoisotopic (exact) mass is 540 g/mol. The number of halogens is 1. The summed E-state index contributed by atoms with van der Waals surface area (Å²) in [4.78, 5) is 34.2. The van der Waals surface area contributed by atoms with E-state index in [0.29, 0.717) is 33.2 Å². The minimum absolute atomic E-state index is 0.00628. The summed E-state index contributed by atoms with van der Waals surface area (Å²) in [5, 5.41) is 14.8. The topological polar surface area (TPSA) is 131 Å². The number of hydrogen-bond donors (Lipinski definition) is 3. The standard InChI is InChI=1S/C25H25FN6O5S/c1-31-16(12-32(13-36-2)25(34)35)11-28-23(31)21-10-18-22(38-21)20(7-8-27-18)37-19-6-5-15(9-17(19)26)30-24(33)29-14-3-4-14/h5-11,14H,3-4,12-13H2,1-2H3,(H,34,35)(H2,29,30,33). The normalized spacial score (nSPS) is 12.9. The summed E-state index contributed by atoms with van der Waals surface area (Å²) in [5.74, 6) is 0.433. The highest BCUT2D eigenvalue weighted by molar-refractivity contribution is 7.22. The highest BCUT2D eigenvalue weighted by Crippen LogP contribution is 2.39. The Kier molecular flexibility index (Phi) is 7.11. The molecule has 198 valence electrons. The van der Waals surface area contributed by atoms with Gasteiger partial charge in [0, 0.05) is 44.2 Å². The Morgan fingerprint density at radius 1 is 1.24 bits per heavy atom. The molecular formula is C25H25FN6O5S. The summed E-state index contributed by atoms with van der Waals surface area (Å²) in [6.07, 6.45) is 4.01. The van der Waals surface area contributed by atoms with Crippen molar-refractivity contribution in [2.24, 2.45) is 7.05 Å². The van der Waals surface area contributed by atoms with Gasteiger partial charge in [-0.05, 0) is 31.0 Å². The SMILES string of the molecule is COCN(Cc1cnc(-c2cc3nccc(Oc4ccc(NC(=O)NC5CC5)cc4F)c3s2)n1C)C(=O)O. The first-order valence-corrected chi connectivity index (χ1v) is 12.5. The summed E-state index contributed by atoms with van der Waals surface area (Å²) < 4.78 is 28.2. The number of pyridine rings is 1. The van der Waals surface area contributed by atoms with Gasteiger partial charge in [-0.3, -0.25) is 9.88 Å². The van der Waals surface area contributed by atoms with Crippen molar-refractivity contribution in [2.75, 3.05) is 19.2 Å². The number of nitrogens with one attached hydrogen (secondary N) is 2. The van der Waals surface area contributed by atoms with E-state index in [0.717, 1.165) is 22.6 Å². The molecule has 5 rings (SSSR count). The van der Waals surface area contributed by atoms with Gasteiger partial charge in [0.2, 0.25) is 0 Å². The number of carbonyl (C=O) groups excluding carboxylic acids is 1. The van der Waals surface area contributed by atoms with Crippen LogP contribution in [0.2, 0.25) is 0 Å². The number of thiophene rings is 1. The predicted molar refractivity (Wildman–Crippen MR) is 139 cm³/mol. The number of urea groups is 1. The number of fused-ring (bicyclic) bond motifs is 1. The van der Waals surface area contributed by atoms with Crippen molar-refractivity contribution < 1.29 is 28.6 Å². The average molecular weight is 541 g/mol. The van der Waals surface area contributed by atoms with Crippen LogP contribution in [-0.4, -0.2) is 56.5 Å². The molecule has 0 aliphatic heterocycles. The Morgan fingerprint density at radius 3 is 2.76 bits per heavy atom. The highest BCUT2D eigenvalue weighted by Gasteiger charge is 2.23. The van der Waals surface area contributed by atoms with Crippen molar-refractivity contribution >= 4 is 39.4 Å². The zero-order valence-corrected chi connectivity index (χ0v) is 21.4. The quantitative estimate of drug-likeness (QED) is 0.255. The molecule has 1 aliphatic carbocycles. The first-order valence-electron chi connectivity index (χ1n) is 11.7. The fraction of sp³-hybridized carbons (Fsp3) is 0.280. The molecule has 3 aromatic heterocycles. The van der Waals surface area contributed by atoms with Gasteiger partial charge < -0.3 is 29.8 Å². The van der Waals surface area contributed by atoms with Crippen LogP contribution in [0.5, 0.6) is 11.5 Å². The van der Waals surface area contributed by atoms with Crippen LogP contribution in [0.4, 0.5) is 19.7 Å². The summed E-state index contributed by atoms with van der Waals surface area (Å²) in [7, 11) is 3.23. The van der Waals surface area contributed by atoms with E-state index >= 15 is 0 Å². The molecule has 1 fully saturated rings. The van der Waals surface area contributed by atoms with Crippen molar-refractivity contribution in [3.05, 3.63) is 54.2 Å². The molecule has 11 nitrogen and oxygen atoms in total. The third kappa shape index (κ3) is 5.53. The minimum Gasteiger partial charge on any atom is -0.465 e. The Hall–Kier alpha value is -4.23. The Bertz CT molecular complexity index is 1500. The van der Waals surface area contributed by atoms with E-state index in [1.54, 1.807) is 31.6 Å². The van der Waals surface area contributed by atoms with Gasteiger partial charge in [-0.25, -0.2) is 19.0 Å². The molecule has 1 aromatic carbocycles. The number of anilines is 1. The van der Waals surface area contributed by atoms with E-state index in [9.17, 15) is 19.1 Å². The van der Waals surface area contributed by atoms with Crippen LogP contribution in [0.15, 0.2) is 42.7 Å². The number of methoxy groups -OCH3 is 1. The average Bonchev–Trinajstić information content (AvgIpc) is 3.45. The van der Waals surface area contributed by atoms with Gasteiger partial charge in [-0.2, -0.15) is 0 Å². The largest absolute Gasteiger partial charge is 0.465 e. The first kappa shape index (κ1) is 25.4. The van der Waals surface area contributed by atoms with Gasteiger partial charge in [-0.1, -0.05) is 0 Å². The molecule has 3 amide bonds. The Balaban J connectivity index is 1.36. The highest BCUT2D eigenvalue weighted by atomic mass is 32.1. The van der Waals surface area contributed by atoms with Crippen LogP contribution in [0.1, 0.15) is 18.5 Å². The lowest BCUT2D eigenvalue weighted by atomic mass is 10.3. The van der Waals surface area contributed by atoms with Gasteiger partial charge in [-0.15, -0.1) is 11.3 Å². The van der Waals surface area contributed by atoms with Crippen LogP contribution in [0.25, 0.3) is 20.9 Å². The second-order valence-corrected chi connectivity index (χ2v) is 9.84. The third-order valence-electron chi connectivity index (χ3n) is 5.91. The number of rotatable bonds is 9. The number of imidazole rings is 1. The molecule has 13 heteroatoms. The van der Waals surface area contributed by atoms with Gasteiger partial charge in [0.1, 0.15) is 18.3 Å². The molecule has 38 heavy (non-hydrogen) atoms. The van der Waals surface area contributed by atoms with Gasteiger partial charge in [0.25, 0.3) is 0 Å². The van der Waals surface area contributed by atoms with Gasteiger partial charge >= 0.3 is 12.1 Å². The van der Waals surface area contributed by atoms with Crippen molar-refractivity contribution in [3.8, 4) is 22.2 Å². The van der Waals surface area contributed by atoms with E-state index in [1.165, 1.54) is 30.6 Å². The number of hydrogen-bond acceptors (Lipinski definition) is 7. The number of carbonyl (C=O) groups is 2. The smallest absolute Gasteiger partial charge is 0.409 e. The molecule has 1 saturated carbocycles. The van der Waals surface area contributed by atoms with Crippen molar-refractivity contribution in [1.29, 1.82) is 0 Å². The maximum absolute atomic E-state index is 14.8. The van der Waals surface area contributed by atoms with E-state index in [1.807, 2.05) is 10.6 Å². The number of ether oxygens (including phenoxy) is 2. The fourth-order valence-electron chi connectivity index (χ4n) is 3.81. The molecule has 3 N–H and O–H groups in total. The molecule has 0 spiro atoms. The molecule has 0 radical (unpaired) electrons. The molecule has 1 aliphatic rings. The fourth-order valence-corrected chi connectivity index (χ4v) is 4.90. The summed E-state index contributed by atoms with van der Waals surface area (Å²) in [6.45, 7) is 0.0428.